The summed E-state index contributed by atoms with van der Waals surface area (Å²) in [5, 5.41) is 10.7. The Hall–Kier alpha value is -3.94. The van der Waals surface area contributed by atoms with Crippen molar-refractivity contribution < 1.29 is 19.2 Å². The molecule has 2 unspecified atom stereocenters. The first-order chi connectivity index (χ1) is 14.9. The second-order valence-electron chi connectivity index (χ2n) is 7.43. The van der Waals surface area contributed by atoms with Crippen LogP contribution in [0.25, 0.3) is 0 Å². The second-order valence-corrected chi connectivity index (χ2v) is 7.43. The molecule has 2 aromatic rings. The van der Waals surface area contributed by atoms with Gasteiger partial charge in [-0.2, -0.15) is 20.2 Å². The van der Waals surface area contributed by atoms with Gasteiger partial charge in [-0.25, -0.2) is 0 Å². The number of rotatable bonds is 6. The summed E-state index contributed by atoms with van der Waals surface area (Å²) >= 11 is 0. The third kappa shape index (κ3) is 3.68. The molecule has 8 heteroatoms. The van der Waals surface area contributed by atoms with Gasteiger partial charge in [0.2, 0.25) is 0 Å². The molecule has 8 nitrogen and oxygen atoms in total. The SMILES string of the molecule is CC1=NN(c2ccccc2)C(=O)C1C(=O)CC(=O)C1C(=O)N(c2ccccc2)N=C1C. The number of carbonyl (C=O) groups is 4. The monoisotopic (exact) mass is 416 g/mol. The predicted molar refractivity (Wildman–Crippen MR) is 116 cm³/mol. The molecule has 0 N–H and O–H groups in total. The van der Waals surface area contributed by atoms with E-state index in [1.807, 2.05) is 12.1 Å². The summed E-state index contributed by atoms with van der Waals surface area (Å²) in [5.74, 6) is -4.43. The fourth-order valence-corrected chi connectivity index (χ4v) is 3.76. The molecule has 31 heavy (non-hydrogen) atoms. The number of amides is 2. The van der Waals surface area contributed by atoms with Crippen LogP contribution in [0.15, 0.2) is 70.9 Å². The number of nitrogens with zero attached hydrogens (tertiary/aromatic N) is 4. The Morgan fingerprint density at radius 2 is 1.06 bits per heavy atom. The maximum atomic E-state index is 12.9. The number of para-hydroxylation sites is 2. The van der Waals surface area contributed by atoms with Gasteiger partial charge in [0.25, 0.3) is 11.8 Å². The molecular weight excluding hydrogens is 396 g/mol. The van der Waals surface area contributed by atoms with E-state index in [1.165, 1.54) is 10.0 Å². The molecule has 2 aromatic carbocycles. The maximum absolute atomic E-state index is 12.9. The molecule has 0 radical (unpaired) electrons. The van der Waals surface area contributed by atoms with E-state index in [4.69, 9.17) is 0 Å². The summed E-state index contributed by atoms with van der Waals surface area (Å²) in [7, 11) is 0. The highest BCUT2D eigenvalue weighted by Crippen LogP contribution is 2.28. The molecule has 2 aliphatic heterocycles. The number of Topliss-reactive ketones (excluding diaryl/α,β-unsaturated/α-hetero) is 2. The van der Waals surface area contributed by atoms with Crippen LogP contribution in [0.4, 0.5) is 11.4 Å². The summed E-state index contributed by atoms with van der Waals surface area (Å²) < 4.78 is 0. The highest BCUT2D eigenvalue weighted by atomic mass is 16.2. The van der Waals surface area contributed by atoms with E-state index in [9.17, 15) is 19.2 Å². The van der Waals surface area contributed by atoms with Gasteiger partial charge in [0.1, 0.15) is 11.8 Å². The standard InChI is InChI=1S/C23H20N4O4/c1-14-20(22(30)26(24-14)16-9-5-3-6-10-16)18(28)13-19(29)21-15(2)25-27(23(21)31)17-11-7-4-8-12-17/h3-12,20-21H,13H2,1-2H3. The van der Waals surface area contributed by atoms with E-state index in [0.717, 1.165) is 0 Å². The van der Waals surface area contributed by atoms with Crippen LogP contribution in [0.3, 0.4) is 0 Å². The molecular formula is C23H20N4O4. The zero-order valence-electron chi connectivity index (χ0n) is 17.1. The van der Waals surface area contributed by atoms with Crippen LogP contribution in [-0.2, 0) is 19.2 Å². The normalized spacial score (nSPS) is 20.7. The van der Waals surface area contributed by atoms with Gasteiger partial charge in [0.05, 0.1) is 29.2 Å². The Balaban J connectivity index is 1.47. The van der Waals surface area contributed by atoms with Crippen LogP contribution >= 0.6 is 0 Å². The fraction of sp³-hybridized carbons (Fsp3) is 0.217. The van der Waals surface area contributed by atoms with E-state index in [-0.39, 0.29) is 0 Å². The van der Waals surface area contributed by atoms with Crippen LogP contribution in [0.2, 0.25) is 0 Å². The van der Waals surface area contributed by atoms with E-state index < -0.39 is 41.6 Å². The quantitative estimate of drug-likeness (QED) is 0.676. The molecule has 0 spiro atoms. The summed E-state index contributed by atoms with van der Waals surface area (Å²) in [6.07, 6.45) is -0.544. The van der Waals surface area contributed by atoms with Gasteiger partial charge < -0.3 is 0 Å². The lowest BCUT2D eigenvalue weighted by Crippen LogP contribution is -2.37. The fourth-order valence-electron chi connectivity index (χ4n) is 3.76. The van der Waals surface area contributed by atoms with Gasteiger partial charge in [-0.3, -0.25) is 19.2 Å². The summed E-state index contributed by atoms with van der Waals surface area (Å²) in [5.41, 5.74) is 1.73. The number of anilines is 2. The summed E-state index contributed by atoms with van der Waals surface area (Å²) in [4.78, 5) is 51.3. The molecule has 2 atom stereocenters. The average molecular weight is 416 g/mol. The van der Waals surface area contributed by atoms with E-state index >= 15 is 0 Å². The Kier molecular flexibility index (Phi) is 5.29. The topological polar surface area (TPSA) is 99.5 Å². The molecule has 0 fully saturated rings. The van der Waals surface area contributed by atoms with Crippen molar-refractivity contribution in [3.63, 3.8) is 0 Å². The molecule has 0 saturated heterocycles. The number of hydrazone groups is 2. The van der Waals surface area contributed by atoms with Crippen LogP contribution < -0.4 is 10.0 Å². The number of ketones is 2. The molecule has 0 bridgehead atoms. The van der Waals surface area contributed by atoms with Crippen molar-refractivity contribution in [2.24, 2.45) is 22.0 Å². The number of hydrogen-bond acceptors (Lipinski definition) is 6. The highest BCUT2D eigenvalue weighted by molar-refractivity contribution is 6.33. The summed E-state index contributed by atoms with van der Waals surface area (Å²) in [6, 6.07) is 17.5. The van der Waals surface area contributed by atoms with Crippen LogP contribution in [-0.4, -0.2) is 34.8 Å². The molecule has 2 amide bonds. The van der Waals surface area contributed by atoms with E-state index in [0.29, 0.717) is 22.8 Å². The Labute approximate surface area is 178 Å². The second kappa shape index (κ2) is 8.06. The van der Waals surface area contributed by atoms with Crippen molar-refractivity contribution in [2.75, 3.05) is 10.0 Å². The Bertz CT molecular complexity index is 1040. The van der Waals surface area contributed by atoms with E-state index in [2.05, 4.69) is 10.2 Å². The first kappa shape index (κ1) is 20.3. The Morgan fingerprint density at radius 3 is 1.42 bits per heavy atom. The molecule has 2 aliphatic rings. The van der Waals surface area contributed by atoms with Gasteiger partial charge in [-0.15, -0.1) is 0 Å². The molecule has 0 aromatic heterocycles. The van der Waals surface area contributed by atoms with Gasteiger partial charge in [0, 0.05) is 0 Å². The van der Waals surface area contributed by atoms with Crippen LogP contribution in [0.5, 0.6) is 0 Å². The zero-order chi connectivity index (χ0) is 22.1. The first-order valence-electron chi connectivity index (χ1n) is 9.82. The zero-order valence-corrected chi connectivity index (χ0v) is 17.1. The third-order valence-electron chi connectivity index (χ3n) is 5.26. The predicted octanol–water partition coefficient (Wildman–Crippen LogP) is 2.59. The molecule has 2 heterocycles. The van der Waals surface area contributed by atoms with Gasteiger partial charge in [-0.1, -0.05) is 36.4 Å². The van der Waals surface area contributed by atoms with Crippen molar-refractivity contribution in [3.8, 4) is 0 Å². The molecule has 0 saturated carbocycles. The minimum atomic E-state index is -1.14. The van der Waals surface area contributed by atoms with E-state index in [1.54, 1.807) is 62.4 Å². The third-order valence-corrected chi connectivity index (χ3v) is 5.26. The van der Waals surface area contributed by atoms with Gasteiger partial charge >= 0.3 is 0 Å². The lowest BCUT2D eigenvalue weighted by Gasteiger charge is -2.15. The Morgan fingerprint density at radius 1 is 0.710 bits per heavy atom. The maximum Gasteiger partial charge on any atom is 0.263 e. The van der Waals surface area contributed by atoms with Crippen molar-refractivity contribution in [3.05, 3.63) is 60.7 Å². The molecule has 0 aliphatic carbocycles. The minimum absolute atomic E-state index is 0.320. The minimum Gasteiger partial charge on any atom is -0.298 e. The van der Waals surface area contributed by atoms with Crippen molar-refractivity contribution in [1.82, 2.24) is 0 Å². The number of carbonyl (C=O) groups excluding carboxylic acids is 4. The van der Waals surface area contributed by atoms with Crippen molar-refractivity contribution in [2.45, 2.75) is 20.3 Å². The average Bonchev–Trinajstić information content (AvgIpc) is 3.23. The van der Waals surface area contributed by atoms with Gasteiger partial charge in [0.15, 0.2) is 11.6 Å². The summed E-state index contributed by atoms with van der Waals surface area (Å²) in [6.45, 7) is 3.16. The van der Waals surface area contributed by atoms with Crippen molar-refractivity contribution >= 4 is 46.2 Å². The first-order valence-corrected chi connectivity index (χ1v) is 9.82. The largest absolute Gasteiger partial charge is 0.298 e. The van der Waals surface area contributed by atoms with Crippen LogP contribution in [0, 0.1) is 11.8 Å². The molecule has 156 valence electrons. The number of hydrogen-bond donors (Lipinski definition) is 0. The van der Waals surface area contributed by atoms with Crippen LogP contribution in [0.1, 0.15) is 20.3 Å². The molecule has 4 rings (SSSR count). The lowest BCUT2D eigenvalue weighted by molar-refractivity contribution is -0.133. The van der Waals surface area contributed by atoms with Gasteiger partial charge in [-0.05, 0) is 38.1 Å². The number of benzene rings is 2. The van der Waals surface area contributed by atoms with Crippen molar-refractivity contribution in [1.29, 1.82) is 0 Å². The highest BCUT2D eigenvalue weighted by Gasteiger charge is 2.44. The smallest absolute Gasteiger partial charge is 0.263 e. The lowest BCUT2D eigenvalue weighted by atomic mass is 9.89.